The van der Waals surface area contributed by atoms with E-state index in [2.05, 4.69) is 25.9 Å². The number of hydrogen-bond donors (Lipinski definition) is 2. The quantitative estimate of drug-likeness (QED) is 0.669. The maximum absolute atomic E-state index is 8.93. The maximum Gasteiger partial charge on any atom is 0.213 e. The van der Waals surface area contributed by atoms with Crippen LogP contribution in [0, 0.1) is 6.92 Å². The average Bonchev–Trinajstić information content (AvgIpc) is 2.27. The van der Waals surface area contributed by atoms with Crippen LogP contribution >= 0.6 is 0 Å². The zero-order valence-corrected chi connectivity index (χ0v) is 8.89. The Hall–Kier alpha value is -0.830. The molecule has 0 saturated heterocycles. The molecule has 1 heterocycles. The second-order valence-electron chi connectivity index (χ2n) is 3.78. The van der Waals surface area contributed by atoms with Crippen LogP contribution in [-0.4, -0.2) is 16.8 Å². The minimum absolute atomic E-state index is 0.213. The lowest BCUT2D eigenvalue weighted by Crippen LogP contribution is -2.35. The van der Waals surface area contributed by atoms with Crippen LogP contribution in [0.25, 0.3) is 0 Å². The van der Waals surface area contributed by atoms with Crippen molar-refractivity contribution < 1.29 is 9.79 Å². The third-order valence-corrected chi connectivity index (χ3v) is 2.38. The fourth-order valence-electron chi connectivity index (χ4n) is 1.95. The van der Waals surface area contributed by atoms with Crippen molar-refractivity contribution in [2.24, 2.45) is 7.05 Å². The number of hydrogen-bond acceptors (Lipinski definition) is 1. The largest absolute Gasteiger partial charge is 0.396 e. The summed E-state index contributed by atoms with van der Waals surface area (Å²) in [5, 5.41) is 12.2. The molecular weight excluding hydrogens is 164 g/mol. The van der Waals surface area contributed by atoms with Gasteiger partial charge in [0.15, 0.2) is 7.05 Å². The number of nitrogens with one attached hydrogen (secondary N) is 1. The molecule has 0 bridgehead atoms. The van der Waals surface area contributed by atoms with Crippen molar-refractivity contribution in [3.8, 4) is 0 Å². The molecule has 0 atom stereocenters. The van der Waals surface area contributed by atoms with Gasteiger partial charge in [0, 0.05) is 5.56 Å². The van der Waals surface area contributed by atoms with Crippen LogP contribution in [0.2, 0.25) is 0 Å². The van der Waals surface area contributed by atoms with Crippen molar-refractivity contribution in [3.05, 3.63) is 17.0 Å². The third-order valence-electron chi connectivity index (χ3n) is 2.38. The van der Waals surface area contributed by atoms with E-state index in [9.17, 15) is 0 Å². The van der Waals surface area contributed by atoms with E-state index in [1.54, 1.807) is 0 Å². The molecule has 2 N–H and O–H groups in total. The average molecular weight is 183 g/mol. The van der Waals surface area contributed by atoms with Crippen LogP contribution in [-0.2, 0) is 13.5 Å². The highest BCUT2D eigenvalue weighted by molar-refractivity contribution is 5.24. The Morgan fingerprint density at radius 1 is 1.46 bits per heavy atom. The van der Waals surface area contributed by atoms with Gasteiger partial charge in [0.25, 0.3) is 0 Å². The van der Waals surface area contributed by atoms with Gasteiger partial charge >= 0.3 is 0 Å². The third kappa shape index (κ3) is 1.91. The van der Waals surface area contributed by atoms with Gasteiger partial charge in [-0.15, -0.1) is 4.68 Å². The summed E-state index contributed by atoms with van der Waals surface area (Å²) >= 11 is 0. The van der Waals surface area contributed by atoms with Crippen LogP contribution in [0.4, 0.5) is 0 Å². The molecule has 0 saturated carbocycles. The highest BCUT2D eigenvalue weighted by atomic mass is 16.3. The van der Waals surface area contributed by atoms with Crippen LogP contribution in [0.15, 0.2) is 0 Å². The molecule has 1 rings (SSSR count). The van der Waals surface area contributed by atoms with Crippen molar-refractivity contribution in [2.75, 3.05) is 6.61 Å². The van der Waals surface area contributed by atoms with Crippen molar-refractivity contribution in [1.82, 2.24) is 5.10 Å². The summed E-state index contributed by atoms with van der Waals surface area (Å²) in [6.07, 6.45) is 0.731. The molecule has 74 valence electrons. The molecule has 3 nitrogen and oxygen atoms in total. The van der Waals surface area contributed by atoms with Crippen molar-refractivity contribution in [2.45, 2.75) is 33.1 Å². The van der Waals surface area contributed by atoms with E-state index in [4.69, 9.17) is 5.11 Å². The van der Waals surface area contributed by atoms with E-state index in [0.29, 0.717) is 5.92 Å². The predicted molar refractivity (Wildman–Crippen MR) is 51.6 cm³/mol. The summed E-state index contributed by atoms with van der Waals surface area (Å²) in [5.74, 6) is 0.513. The zero-order valence-electron chi connectivity index (χ0n) is 8.89. The molecule has 0 unspecified atom stereocenters. The Morgan fingerprint density at radius 2 is 2.08 bits per heavy atom. The van der Waals surface area contributed by atoms with Gasteiger partial charge in [0.1, 0.15) is 0 Å². The molecule has 0 aliphatic carbocycles. The van der Waals surface area contributed by atoms with E-state index in [-0.39, 0.29) is 6.61 Å². The number of aromatic nitrogens is 2. The first-order valence-corrected chi connectivity index (χ1v) is 4.76. The van der Waals surface area contributed by atoms with Crippen LogP contribution in [0.3, 0.4) is 0 Å². The number of nitrogens with zero attached hydrogens (tertiary/aromatic N) is 1. The molecule has 0 spiro atoms. The predicted octanol–water partition coefficient (Wildman–Crippen LogP) is 0.806. The lowest BCUT2D eigenvalue weighted by molar-refractivity contribution is -0.734. The van der Waals surface area contributed by atoms with Gasteiger partial charge in [-0.1, -0.05) is 13.8 Å². The van der Waals surface area contributed by atoms with Crippen molar-refractivity contribution in [1.29, 1.82) is 0 Å². The SMILES string of the molecule is Cc1[nH][n+](C)c(CCO)c1C(C)C. The number of aryl methyl sites for hydroxylation is 2. The highest BCUT2D eigenvalue weighted by Gasteiger charge is 2.21. The normalized spacial score (nSPS) is 11.2. The van der Waals surface area contributed by atoms with E-state index >= 15 is 0 Å². The molecule has 0 aliphatic rings. The van der Waals surface area contributed by atoms with Gasteiger partial charge < -0.3 is 5.11 Å². The summed E-state index contributed by atoms with van der Waals surface area (Å²) in [6.45, 7) is 6.65. The Balaban J connectivity index is 3.13. The molecule has 3 heteroatoms. The molecule has 0 amide bonds. The van der Waals surface area contributed by atoms with Crippen LogP contribution in [0.5, 0.6) is 0 Å². The first kappa shape index (κ1) is 10.3. The van der Waals surface area contributed by atoms with Gasteiger partial charge in [-0.2, -0.15) is 5.10 Å². The molecule has 1 aromatic heterocycles. The van der Waals surface area contributed by atoms with E-state index in [0.717, 1.165) is 6.42 Å². The smallest absolute Gasteiger partial charge is 0.213 e. The number of aliphatic hydroxyl groups excluding tert-OH is 1. The second kappa shape index (κ2) is 3.92. The zero-order chi connectivity index (χ0) is 10.0. The summed E-state index contributed by atoms with van der Waals surface area (Å²) in [5.41, 5.74) is 3.77. The minimum atomic E-state index is 0.213. The first-order chi connectivity index (χ1) is 6.07. The lowest BCUT2D eigenvalue weighted by Gasteiger charge is -2.02. The Labute approximate surface area is 79.4 Å². The van der Waals surface area contributed by atoms with Crippen molar-refractivity contribution >= 4 is 0 Å². The number of rotatable bonds is 3. The fourth-order valence-corrected chi connectivity index (χ4v) is 1.95. The Bertz CT molecular complexity index is 289. The maximum atomic E-state index is 8.93. The lowest BCUT2D eigenvalue weighted by atomic mass is 9.99. The molecule has 0 aromatic carbocycles. The van der Waals surface area contributed by atoms with Crippen LogP contribution < -0.4 is 4.68 Å². The van der Waals surface area contributed by atoms with E-state index in [1.807, 2.05) is 11.7 Å². The summed E-state index contributed by atoms with van der Waals surface area (Å²) < 4.78 is 2.00. The number of aliphatic hydroxyl groups is 1. The number of aromatic amines is 1. The second-order valence-corrected chi connectivity index (χ2v) is 3.78. The molecule has 1 aromatic rings. The van der Waals surface area contributed by atoms with E-state index < -0.39 is 0 Å². The Kier molecular flexibility index (Phi) is 3.09. The number of H-pyrrole nitrogens is 1. The summed E-state index contributed by atoms with van der Waals surface area (Å²) in [4.78, 5) is 0. The molecule has 0 radical (unpaired) electrons. The molecule has 0 fully saturated rings. The molecule has 0 aliphatic heterocycles. The first-order valence-electron chi connectivity index (χ1n) is 4.76. The van der Waals surface area contributed by atoms with Gasteiger partial charge in [0.05, 0.1) is 18.7 Å². The van der Waals surface area contributed by atoms with Gasteiger partial charge in [0.2, 0.25) is 5.69 Å². The fraction of sp³-hybridized carbons (Fsp3) is 0.700. The monoisotopic (exact) mass is 183 g/mol. The topological polar surface area (TPSA) is 39.9 Å². The van der Waals surface area contributed by atoms with Gasteiger partial charge in [-0.05, 0) is 12.8 Å². The minimum Gasteiger partial charge on any atom is -0.396 e. The van der Waals surface area contributed by atoms with Crippen molar-refractivity contribution in [3.63, 3.8) is 0 Å². The molecular formula is C10H19N2O+. The molecule has 13 heavy (non-hydrogen) atoms. The summed E-state index contributed by atoms with van der Waals surface area (Å²) in [6, 6.07) is 0. The van der Waals surface area contributed by atoms with Crippen LogP contribution in [0.1, 0.15) is 36.7 Å². The summed E-state index contributed by atoms with van der Waals surface area (Å²) in [7, 11) is 1.99. The van der Waals surface area contributed by atoms with Gasteiger partial charge in [-0.25, -0.2) is 0 Å². The highest BCUT2D eigenvalue weighted by Crippen LogP contribution is 2.20. The van der Waals surface area contributed by atoms with E-state index in [1.165, 1.54) is 17.0 Å². The standard InChI is InChI=1S/C10H18N2O/c1-7(2)10-8(3)11-12(4)9(10)5-6-13/h7,13H,5-6H2,1-4H3/p+1. The van der Waals surface area contributed by atoms with Gasteiger partial charge in [-0.3, -0.25) is 0 Å². The Morgan fingerprint density at radius 3 is 2.54 bits per heavy atom.